The first-order chi connectivity index (χ1) is 18.9. The lowest BCUT2D eigenvalue weighted by molar-refractivity contribution is -0.129. The number of carbonyl (C=O) groups excluding carboxylic acids is 2. The number of rotatable bonds is 6. The first kappa shape index (κ1) is 25.6. The van der Waals surface area contributed by atoms with Gasteiger partial charge in [0.25, 0.3) is 0 Å². The summed E-state index contributed by atoms with van der Waals surface area (Å²) >= 11 is 0. The molecule has 6 rings (SSSR count). The monoisotopic (exact) mass is 529 g/mol. The van der Waals surface area contributed by atoms with Crippen molar-refractivity contribution in [3.05, 3.63) is 47.9 Å². The highest BCUT2D eigenvalue weighted by atomic mass is 16.5. The molecule has 204 valence electrons. The van der Waals surface area contributed by atoms with E-state index in [2.05, 4.69) is 31.9 Å². The fourth-order valence-corrected chi connectivity index (χ4v) is 6.67. The third kappa shape index (κ3) is 4.50. The molecule has 0 amide bonds. The van der Waals surface area contributed by atoms with Crippen molar-refractivity contribution >= 4 is 11.6 Å². The second-order valence-corrected chi connectivity index (χ2v) is 11.2. The summed E-state index contributed by atoms with van der Waals surface area (Å²) in [6, 6.07) is 3.85. The van der Waals surface area contributed by atoms with Gasteiger partial charge in [0.2, 0.25) is 17.5 Å². The largest absolute Gasteiger partial charge is 0.473 e. The van der Waals surface area contributed by atoms with Crippen LogP contribution >= 0.6 is 0 Å². The van der Waals surface area contributed by atoms with Gasteiger partial charge in [0.1, 0.15) is 29.9 Å². The SMILES string of the molecule is C[C@H](Oc1cc(-n2cncc3ccnc2-3)nc(C(=O)C2=C(N)[C@]3(CCCCC3=O)CCC2)n1)[C@@H]1CCCN1C. The lowest BCUT2D eigenvalue weighted by Crippen LogP contribution is -2.42. The molecule has 2 fully saturated rings. The molecule has 0 radical (unpaired) electrons. The first-order valence-electron chi connectivity index (χ1n) is 14.0. The summed E-state index contributed by atoms with van der Waals surface area (Å²) < 4.78 is 8.09. The van der Waals surface area contributed by atoms with E-state index in [1.165, 1.54) is 0 Å². The first-order valence-corrected chi connectivity index (χ1v) is 14.0. The van der Waals surface area contributed by atoms with Gasteiger partial charge in [-0.1, -0.05) is 6.42 Å². The van der Waals surface area contributed by atoms with Crippen LogP contribution in [0.15, 0.2) is 42.1 Å². The maximum absolute atomic E-state index is 14.0. The van der Waals surface area contributed by atoms with Gasteiger partial charge in [0.15, 0.2) is 0 Å². The molecule has 1 saturated heterocycles. The Hall–Kier alpha value is -3.66. The second-order valence-electron chi connectivity index (χ2n) is 11.2. The molecule has 2 N–H and O–H groups in total. The Balaban J connectivity index is 1.42. The molecule has 0 aromatic carbocycles. The fraction of sp³-hybridized carbons (Fsp3) is 0.517. The van der Waals surface area contributed by atoms with E-state index in [9.17, 15) is 9.59 Å². The van der Waals surface area contributed by atoms with Crippen LogP contribution in [0.2, 0.25) is 0 Å². The number of hydrogen-bond acceptors (Lipinski definition) is 9. The quantitative estimate of drug-likeness (QED) is 0.475. The number of nitrogens with zero attached hydrogens (tertiary/aromatic N) is 6. The predicted octanol–water partition coefficient (Wildman–Crippen LogP) is 3.73. The zero-order valence-corrected chi connectivity index (χ0v) is 22.6. The molecular formula is C29H35N7O3. The molecule has 10 nitrogen and oxygen atoms in total. The molecule has 39 heavy (non-hydrogen) atoms. The molecular weight excluding hydrogens is 494 g/mol. The lowest BCUT2D eigenvalue weighted by atomic mass is 9.64. The molecule has 1 aromatic heterocycles. The standard InChI is InChI=1S/C29H35N7O3/c1-18(21-8-6-14-35(21)2)39-24-15-23(36-17-31-16-19-10-13-32-28(19)36)33-27(34-24)25(38)20-7-5-12-29(26(20)30)11-4-3-9-22(29)37/h10,13,15-18,21H,3-9,11-12,14,30H2,1-2H3/t18-,21-,29+/m0/s1. The van der Waals surface area contributed by atoms with Gasteiger partial charge in [0.05, 0.1) is 5.41 Å². The third-order valence-electron chi connectivity index (χ3n) is 8.83. The van der Waals surface area contributed by atoms with Crippen LogP contribution in [0.25, 0.3) is 17.2 Å². The topological polar surface area (TPSA) is 129 Å². The smallest absolute Gasteiger partial charge is 0.228 e. The maximum Gasteiger partial charge on any atom is 0.228 e. The minimum atomic E-state index is -0.733. The Labute approximate surface area is 228 Å². The number of likely N-dealkylation sites (N-methyl/N-ethyl adjacent to an activating group) is 1. The summed E-state index contributed by atoms with van der Waals surface area (Å²) in [6.45, 7) is 3.06. The van der Waals surface area contributed by atoms with Crippen molar-refractivity contribution in [3.63, 3.8) is 0 Å². The van der Waals surface area contributed by atoms with Crippen molar-refractivity contribution < 1.29 is 14.3 Å². The van der Waals surface area contributed by atoms with Gasteiger partial charge in [-0.2, -0.15) is 4.98 Å². The van der Waals surface area contributed by atoms with Crippen molar-refractivity contribution in [1.82, 2.24) is 29.4 Å². The number of ketones is 2. The fourth-order valence-electron chi connectivity index (χ4n) is 6.67. The summed E-state index contributed by atoms with van der Waals surface area (Å²) in [5.74, 6) is 1.22. The highest BCUT2D eigenvalue weighted by Gasteiger charge is 2.46. The number of likely N-dealkylation sites (tertiary alicyclic amines) is 1. The van der Waals surface area contributed by atoms with Crippen LogP contribution in [0.4, 0.5) is 0 Å². The van der Waals surface area contributed by atoms with Crippen LogP contribution < -0.4 is 10.5 Å². The van der Waals surface area contributed by atoms with E-state index in [1.807, 2.05) is 13.0 Å². The van der Waals surface area contributed by atoms with Crippen LogP contribution in [-0.4, -0.2) is 66.7 Å². The predicted molar refractivity (Wildman–Crippen MR) is 145 cm³/mol. The summed E-state index contributed by atoms with van der Waals surface area (Å²) in [5, 5.41) is 0. The summed E-state index contributed by atoms with van der Waals surface area (Å²) in [4.78, 5) is 47.4. The van der Waals surface area contributed by atoms with Gasteiger partial charge in [-0.05, 0) is 71.5 Å². The average Bonchev–Trinajstić information content (AvgIpc) is 3.60. The summed E-state index contributed by atoms with van der Waals surface area (Å²) in [6.07, 6.45) is 12.0. The number of carbonyl (C=O) groups is 2. The molecule has 0 bridgehead atoms. The molecule has 1 aromatic rings. The van der Waals surface area contributed by atoms with Crippen LogP contribution in [0.5, 0.6) is 5.88 Å². The van der Waals surface area contributed by atoms with E-state index in [1.54, 1.807) is 29.4 Å². The van der Waals surface area contributed by atoms with Crippen LogP contribution in [0, 0.1) is 5.41 Å². The lowest BCUT2D eigenvalue weighted by Gasteiger charge is -2.40. The van der Waals surface area contributed by atoms with E-state index < -0.39 is 5.41 Å². The Bertz CT molecular complexity index is 1420. The van der Waals surface area contributed by atoms with Crippen LogP contribution in [0.1, 0.15) is 75.3 Å². The minimum Gasteiger partial charge on any atom is -0.473 e. The van der Waals surface area contributed by atoms with Crippen LogP contribution in [0.3, 0.4) is 0 Å². The summed E-state index contributed by atoms with van der Waals surface area (Å²) in [7, 11) is 2.10. The van der Waals surface area contributed by atoms with Gasteiger partial charge >= 0.3 is 0 Å². The molecule has 3 atom stereocenters. The van der Waals surface area contributed by atoms with Crippen molar-refractivity contribution in [2.75, 3.05) is 13.6 Å². The number of hydrogen-bond donors (Lipinski definition) is 1. The maximum atomic E-state index is 14.0. The number of ether oxygens (including phenoxy) is 1. The van der Waals surface area contributed by atoms with Crippen molar-refractivity contribution in [2.24, 2.45) is 11.1 Å². The van der Waals surface area contributed by atoms with Gasteiger partial charge in [-0.25, -0.2) is 15.0 Å². The van der Waals surface area contributed by atoms with E-state index >= 15 is 0 Å². The average molecular weight is 530 g/mol. The van der Waals surface area contributed by atoms with E-state index in [0.717, 1.165) is 44.2 Å². The van der Waals surface area contributed by atoms with Crippen LogP contribution in [-0.2, 0) is 4.79 Å². The van der Waals surface area contributed by atoms with E-state index in [0.29, 0.717) is 54.5 Å². The minimum absolute atomic E-state index is 0.00351. The highest BCUT2D eigenvalue weighted by Crippen LogP contribution is 2.47. The Morgan fingerprint density at radius 1 is 1.18 bits per heavy atom. The Kier molecular flexibility index (Phi) is 6.66. The number of allylic oxidation sites excluding steroid dienone is 2. The molecule has 4 heterocycles. The normalized spacial score (nSPS) is 25.0. The van der Waals surface area contributed by atoms with Gasteiger partial charge < -0.3 is 10.5 Å². The van der Waals surface area contributed by atoms with E-state index in [-0.39, 0.29) is 29.5 Å². The zero-order valence-electron chi connectivity index (χ0n) is 22.6. The number of nitrogens with two attached hydrogens (primary N) is 1. The van der Waals surface area contributed by atoms with Crippen molar-refractivity contribution in [1.29, 1.82) is 0 Å². The zero-order chi connectivity index (χ0) is 27.1. The van der Waals surface area contributed by atoms with E-state index in [4.69, 9.17) is 10.5 Å². The molecule has 1 spiro atoms. The van der Waals surface area contributed by atoms with Crippen molar-refractivity contribution in [3.8, 4) is 23.1 Å². The number of aromatic nitrogens is 5. The summed E-state index contributed by atoms with van der Waals surface area (Å²) in [5.41, 5.74) is 7.65. The Morgan fingerprint density at radius 3 is 2.82 bits per heavy atom. The van der Waals surface area contributed by atoms with Gasteiger partial charge in [-0.3, -0.25) is 19.1 Å². The molecule has 2 aliphatic carbocycles. The number of Topliss-reactive ketones (excluding diaryl/α,β-unsaturated/α-hetero) is 2. The molecule has 10 heteroatoms. The molecule has 3 aliphatic heterocycles. The second kappa shape index (κ2) is 10.1. The third-order valence-corrected chi connectivity index (χ3v) is 8.83. The molecule has 5 aliphatic rings. The van der Waals surface area contributed by atoms with Crippen molar-refractivity contribution in [2.45, 2.75) is 76.9 Å². The molecule has 0 unspecified atom stereocenters. The Morgan fingerprint density at radius 2 is 2.03 bits per heavy atom. The van der Waals surface area contributed by atoms with Gasteiger partial charge in [0, 0.05) is 47.8 Å². The molecule has 1 saturated carbocycles. The highest BCUT2D eigenvalue weighted by molar-refractivity contribution is 6.08. The number of fused-ring (bicyclic) bond motifs is 1. The van der Waals surface area contributed by atoms with Gasteiger partial charge in [-0.15, -0.1) is 0 Å².